The summed E-state index contributed by atoms with van der Waals surface area (Å²) in [6.07, 6.45) is -0.521. The largest absolute Gasteiger partial charge is 0.508 e. The Bertz CT molecular complexity index is 759. The maximum atomic E-state index is 12.6. The van der Waals surface area contributed by atoms with Crippen LogP contribution in [0.25, 0.3) is 0 Å². The Morgan fingerprint density at radius 3 is 2.43 bits per heavy atom. The zero-order chi connectivity index (χ0) is 17.0. The van der Waals surface area contributed by atoms with Gasteiger partial charge in [-0.15, -0.1) is 0 Å². The lowest BCUT2D eigenvalue weighted by Crippen LogP contribution is -2.41. The lowest BCUT2D eigenvalue weighted by atomic mass is 9.78. The molecule has 5 heteroatoms. The van der Waals surface area contributed by atoms with Crippen molar-refractivity contribution in [2.45, 2.75) is 40.7 Å². The summed E-state index contributed by atoms with van der Waals surface area (Å²) in [6.45, 7) is 8.84. The van der Waals surface area contributed by atoms with Gasteiger partial charge in [0.2, 0.25) is 0 Å². The van der Waals surface area contributed by atoms with Gasteiger partial charge in [0.1, 0.15) is 17.1 Å². The Kier molecular flexibility index (Phi) is 3.47. The van der Waals surface area contributed by atoms with Crippen LogP contribution in [0.3, 0.4) is 0 Å². The van der Waals surface area contributed by atoms with E-state index < -0.39 is 12.1 Å². The number of aromatic hydroxyl groups is 1. The molecule has 1 N–H and O–H groups in total. The molecule has 0 bridgehead atoms. The fourth-order valence-electron chi connectivity index (χ4n) is 3.26. The lowest BCUT2D eigenvalue weighted by Gasteiger charge is -2.33. The second kappa shape index (κ2) is 5.11. The molecule has 1 aliphatic heterocycles. The molecule has 1 aliphatic carbocycles. The topological polar surface area (TPSA) is 72.8 Å². The van der Waals surface area contributed by atoms with Crippen LogP contribution in [0.1, 0.15) is 42.3 Å². The summed E-state index contributed by atoms with van der Waals surface area (Å²) in [5, 5.41) is 10.0. The zero-order valence-electron chi connectivity index (χ0n) is 13.9. The lowest BCUT2D eigenvalue weighted by molar-refractivity contribution is -0.122. The van der Waals surface area contributed by atoms with E-state index in [0.29, 0.717) is 33.8 Å². The smallest absolute Gasteiger partial charge is 0.347 e. The van der Waals surface area contributed by atoms with Crippen molar-refractivity contribution in [3.8, 4) is 11.5 Å². The van der Waals surface area contributed by atoms with Gasteiger partial charge in [0, 0.05) is 23.0 Å². The van der Waals surface area contributed by atoms with Gasteiger partial charge >= 0.3 is 5.97 Å². The van der Waals surface area contributed by atoms with Crippen molar-refractivity contribution in [2.24, 2.45) is 11.8 Å². The molecule has 0 amide bonds. The van der Waals surface area contributed by atoms with E-state index in [1.807, 2.05) is 13.8 Å². The Morgan fingerprint density at radius 2 is 1.78 bits per heavy atom. The summed E-state index contributed by atoms with van der Waals surface area (Å²) in [7, 11) is 0. The molecule has 23 heavy (non-hydrogen) atoms. The number of Topliss-reactive ketones (excluding diaryl/α,β-unsaturated/α-hetero) is 1. The van der Waals surface area contributed by atoms with E-state index in [9.17, 15) is 14.7 Å². The average molecular weight is 316 g/mol. The van der Waals surface area contributed by atoms with Crippen molar-refractivity contribution in [1.82, 2.24) is 0 Å². The molecule has 0 fully saturated rings. The van der Waals surface area contributed by atoms with Gasteiger partial charge in [-0.3, -0.25) is 4.79 Å². The minimum Gasteiger partial charge on any atom is -0.508 e. The van der Waals surface area contributed by atoms with Crippen LogP contribution in [0.4, 0.5) is 0 Å². The second-order valence-corrected chi connectivity index (χ2v) is 6.47. The Morgan fingerprint density at radius 1 is 1.13 bits per heavy atom. The monoisotopic (exact) mass is 316 g/mol. The first-order chi connectivity index (χ1) is 10.7. The van der Waals surface area contributed by atoms with Crippen LogP contribution in [0.5, 0.6) is 11.5 Å². The van der Waals surface area contributed by atoms with Crippen LogP contribution < -0.4 is 4.74 Å². The van der Waals surface area contributed by atoms with Crippen molar-refractivity contribution in [3.63, 3.8) is 0 Å². The molecular formula is C18H20O5. The van der Waals surface area contributed by atoms with Gasteiger partial charge in [-0.05, 0) is 32.4 Å². The molecule has 0 radical (unpaired) electrons. The van der Waals surface area contributed by atoms with Gasteiger partial charge in [0.15, 0.2) is 17.6 Å². The third-order valence-corrected chi connectivity index (χ3v) is 5.03. The Labute approximate surface area is 134 Å². The number of aryl methyl sites for hydroxylation is 1. The first-order valence-electron chi connectivity index (χ1n) is 7.71. The number of ether oxygens (including phenoxy) is 2. The number of allylic oxidation sites excluding steroid dienone is 1. The van der Waals surface area contributed by atoms with Crippen LogP contribution >= 0.6 is 0 Å². The number of esters is 1. The highest BCUT2D eigenvalue weighted by atomic mass is 16.6. The number of benzene rings is 1. The number of phenolic OH excluding ortho intramolecular Hbond substituents is 1. The predicted octanol–water partition coefficient (Wildman–Crippen LogP) is 3.06. The van der Waals surface area contributed by atoms with Crippen molar-refractivity contribution < 1.29 is 24.2 Å². The summed E-state index contributed by atoms with van der Waals surface area (Å²) in [6, 6.07) is 1.52. The van der Waals surface area contributed by atoms with Crippen LogP contribution in [-0.4, -0.2) is 23.0 Å². The van der Waals surface area contributed by atoms with Crippen molar-refractivity contribution >= 4 is 11.8 Å². The van der Waals surface area contributed by atoms with Crippen molar-refractivity contribution in [3.05, 3.63) is 34.1 Å². The number of ketones is 1. The molecule has 5 nitrogen and oxygen atoms in total. The van der Waals surface area contributed by atoms with E-state index in [0.717, 1.165) is 0 Å². The summed E-state index contributed by atoms with van der Waals surface area (Å²) >= 11 is 0. The maximum absolute atomic E-state index is 12.6. The van der Waals surface area contributed by atoms with Gasteiger partial charge < -0.3 is 14.6 Å². The SMILES string of the molecule is CC1=C2OC(=O)c3c(C)cc(O)c(C)c3O[C@@H]2[C@H](C)[C@H](C)C1=O. The summed E-state index contributed by atoms with van der Waals surface area (Å²) < 4.78 is 11.6. The van der Waals surface area contributed by atoms with Gasteiger partial charge in [-0.25, -0.2) is 4.79 Å². The van der Waals surface area contributed by atoms with Gasteiger partial charge in [-0.1, -0.05) is 13.8 Å². The minimum atomic E-state index is -0.549. The number of phenols is 1. The van der Waals surface area contributed by atoms with Gasteiger partial charge in [-0.2, -0.15) is 0 Å². The summed E-state index contributed by atoms with van der Waals surface area (Å²) in [5.41, 5.74) is 1.82. The highest BCUT2D eigenvalue weighted by Gasteiger charge is 2.44. The molecule has 2 aliphatic rings. The zero-order valence-corrected chi connectivity index (χ0v) is 13.9. The van der Waals surface area contributed by atoms with E-state index in [-0.39, 0.29) is 23.4 Å². The van der Waals surface area contributed by atoms with Crippen LogP contribution in [0.2, 0.25) is 0 Å². The minimum absolute atomic E-state index is 0.0256. The normalized spacial score (nSPS) is 26.9. The number of carbonyl (C=O) groups is 2. The number of hydrogen-bond acceptors (Lipinski definition) is 5. The number of carbonyl (C=O) groups excluding carboxylic acids is 2. The molecule has 0 spiro atoms. The number of hydrogen-bond donors (Lipinski definition) is 1. The molecule has 0 unspecified atom stereocenters. The van der Waals surface area contributed by atoms with E-state index in [1.54, 1.807) is 20.8 Å². The molecule has 3 atom stereocenters. The molecule has 0 aromatic heterocycles. The van der Waals surface area contributed by atoms with E-state index in [2.05, 4.69) is 0 Å². The molecular weight excluding hydrogens is 296 g/mol. The second-order valence-electron chi connectivity index (χ2n) is 6.47. The highest BCUT2D eigenvalue weighted by Crippen LogP contribution is 2.42. The van der Waals surface area contributed by atoms with E-state index in [4.69, 9.17) is 9.47 Å². The summed E-state index contributed by atoms with van der Waals surface area (Å²) in [5.74, 6) is -0.223. The highest BCUT2D eigenvalue weighted by molar-refractivity contribution is 6.01. The third kappa shape index (κ3) is 2.14. The van der Waals surface area contributed by atoms with Crippen molar-refractivity contribution in [2.75, 3.05) is 0 Å². The van der Waals surface area contributed by atoms with Crippen LogP contribution in [0, 0.1) is 25.7 Å². The Balaban J connectivity index is 2.24. The van der Waals surface area contributed by atoms with Crippen LogP contribution in [0.15, 0.2) is 17.4 Å². The first kappa shape index (κ1) is 15.6. The van der Waals surface area contributed by atoms with Crippen molar-refractivity contribution in [1.29, 1.82) is 0 Å². The number of rotatable bonds is 0. The van der Waals surface area contributed by atoms with Gasteiger partial charge in [0.05, 0.1) is 0 Å². The standard InChI is InChI=1S/C18H20O5/c1-7-6-12(19)10(4)15-13(7)18(21)23-17-11(5)14(20)8(2)9(3)16(17)22-15/h6,8-9,16,19H,1-5H3/t8-,9+,16+/m0/s1. The first-order valence-corrected chi connectivity index (χ1v) is 7.71. The molecule has 1 aromatic rings. The van der Waals surface area contributed by atoms with E-state index >= 15 is 0 Å². The fraction of sp³-hybridized carbons (Fsp3) is 0.444. The average Bonchev–Trinajstić information content (AvgIpc) is 2.65. The third-order valence-electron chi connectivity index (χ3n) is 5.03. The molecule has 1 heterocycles. The Hall–Kier alpha value is -2.30. The van der Waals surface area contributed by atoms with E-state index in [1.165, 1.54) is 6.07 Å². The predicted molar refractivity (Wildman–Crippen MR) is 83.4 cm³/mol. The maximum Gasteiger partial charge on any atom is 0.347 e. The molecule has 0 saturated heterocycles. The fourth-order valence-corrected chi connectivity index (χ4v) is 3.26. The molecule has 122 valence electrons. The molecule has 3 rings (SSSR count). The number of fused-ring (bicyclic) bond motifs is 2. The van der Waals surface area contributed by atoms with Gasteiger partial charge in [0.25, 0.3) is 0 Å². The molecule has 0 saturated carbocycles. The quantitative estimate of drug-likeness (QED) is 0.745. The molecule has 1 aromatic carbocycles. The van der Waals surface area contributed by atoms with Crippen LogP contribution in [-0.2, 0) is 9.53 Å². The summed E-state index contributed by atoms with van der Waals surface area (Å²) in [4.78, 5) is 24.9.